The van der Waals surface area contributed by atoms with Crippen LogP contribution in [0.3, 0.4) is 0 Å². The van der Waals surface area contributed by atoms with Gasteiger partial charge in [0.05, 0.1) is 17.6 Å². The van der Waals surface area contributed by atoms with E-state index in [1.54, 1.807) is 0 Å². The minimum absolute atomic E-state index is 0.129. The highest BCUT2D eigenvalue weighted by molar-refractivity contribution is 5.91. The molecule has 2 rings (SSSR count). The second-order valence-corrected chi connectivity index (χ2v) is 5.42. The Balaban J connectivity index is 2.38. The Labute approximate surface area is 134 Å². The number of non-ortho nitro benzene ring substituents is 1. The third-order valence-electron chi connectivity index (χ3n) is 3.39. The van der Waals surface area contributed by atoms with E-state index in [1.807, 2.05) is 24.3 Å². The van der Waals surface area contributed by atoms with Crippen LogP contribution in [0.15, 0.2) is 42.5 Å². The van der Waals surface area contributed by atoms with Crippen LogP contribution in [0.1, 0.15) is 35.7 Å². The molecule has 0 aliphatic carbocycles. The molecule has 1 N–H and O–H groups in total. The molecule has 2 aromatic rings. The normalized spacial score (nSPS) is 10.4. The molecule has 0 aromatic heterocycles. The molecule has 0 bridgehead atoms. The zero-order valence-electron chi connectivity index (χ0n) is 13.2. The summed E-state index contributed by atoms with van der Waals surface area (Å²) in [5.74, 6) is -0.250. The Morgan fingerprint density at radius 3 is 2.52 bits per heavy atom. The van der Waals surface area contributed by atoms with E-state index in [9.17, 15) is 14.9 Å². The number of anilines is 2. The lowest BCUT2D eigenvalue weighted by atomic mass is 10.0. The third kappa shape index (κ3) is 4.06. The predicted molar refractivity (Wildman–Crippen MR) is 88.2 cm³/mol. The van der Waals surface area contributed by atoms with Crippen molar-refractivity contribution < 1.29 is 14.5 Å². The lowest BCUT2D eigenvalue weighted by Crippen LogP contribution is -2.04. The Hall–Kier alpha value is -2.89. The highest BCUT2D eigenvalue weighted by atomic mass is 16.6. The number of rotatable bonds is 5. The number of ether oxygens (including phenoxy) is 1. The summed E-state index contributed by atoms with van der Waals surface area (Å²) in [5.41, 5.74) is 2.36. The summed E-state index contributed by atoms with van der Waals surface area (Å²) in [7, 11) is 1.24. The van der Waals surface area contributed by atoms with Gasteiger partial charge in [0.15, 0.2) is 0 Å². The van der Waals surface area contributed by atoms with E-state index in [0.29, 0.717) is 11.6 Å². The number of carbonyl (C=O) groups is 1. The van der Waals surface area contributed by atoms with Crippen LogP contribution in [0.4, 0.5) is 17.1 Å². The first-order valence-corrected chi connectivity index (χ1v) is 7.15. The minimum Gasteiger partial charge on any atom is -0.465 e. The monoisotopic (exact) mass is 314 g/mol. The standard InChI is InChI=1S/C17H18N2O4/c1-11(2)12-5-4-6-14(7-12)18-15-8-13(17(20)23-3)9-16(10-15)19(21)22/h4-11,18H,1-3H3. The molecular formula is C17H18N2O4. The van der Waals surface area contributed by atoms with Gasteiger partial charge >= 0.3 is 5.97 Å². The number of nitrogens with zero attached hydrogens (tertiary/aromatic N) is 1. The van der Waals surface area contributed by atoms with Crippen molar-refractivity contribution in [3.63, 3.8) is 0 Å². The van der Waals surface area contributed by atoms with E-state index in [4.69, 9.17) is 0 Å². The number of hydrogen-bond acceptors (Lipinski definition) is 5. The molecule has 0 unspecified atom stereocenters. The Morgan fingerprint density at radius 2 is 1.91 bits per heavy atom. The van der Waals surface area contributed by atoms with Crippen LogP contribution in [-0.4, -0.2) is 18.0 Å². The lowest BCUT2D eigenvalue weighted by Gasteiger charge is -2.11. The number of nitrogens with one attached hydrogen (secondary N) is 1. The smallest absolute Gasteiger partial charge is 0.338 e. The van der Waals surface area contributed by atoms with Gasteiger partial charge in [0.1, 0.15) is 0 Å². The summed E-state index contributed by atoms with van der Waals surface area (Å²) in [4.78, 5) is 22.2. The van der Waals surface area contributed by atoms with E-state index in [1.165, 1.54) is 25.3 Å². The Bertz CT molecular complexity index is 741. The molecule has 0 radical (unpaired) electrons. The van der Waals surface area contributed by atoms with Crippen LogP contribution in [0.25, 0.3) is 0 Å². The lowest BCUT2D eigenvalue weighted by molar-refractivity contribution is -0.384. The molecule has 0 spiro atoms. The summed E-state index contributed by atoms with van der Waals surface area (Å²) in [6.45, 7) is 4.17. The molecule has 6 nitrogen and oxygen atoms in total. The van der Waals surface area contributed by atoms with Gasteiger partial charge in [-0.15, -0.1) is 0 Å². The molecule has 0 saturated carbocycles. The number of esters is 1. The van der Waals surface area contributed by atoms with Gasteiger partial charge in [-0.1, -0.05) is 26.0 Å². The molecule has 0 saturated heterocycles. The van der Waals surface area contributed by atoms with Crippen molar-refractivity contribution in [1.82, 2.24) is 0 Å². The van der Waals surface area contributed by atoms with Crippen LogP contribution in [0.5, 0.6) is 0 Å². The Kier molecular flexibility index (Phi) is 4.95. The van der Waals surface area contributed by atoms with Gasteiger partial charge in [-0.25, -0.2) is 4.79 Å². The van der Waals surface area contributed by atoms with E-state index >= 15 is 0 Å². The third-order valence-corrected chi connectivity index (χ3v) is 3.39. The molecule has 23 heavy (non-hydrogen) atoms. The van der Waals surface area contributed by atoms with Gasteiger partial charge < -0.3 is 10.1 Å². The molecular weight excluding hydrogens is 296 g/mol. The first-order valence-electron chi connectivity index (χ1n) is 7.15. The van der Waals surface area contributed by atoms with Gasteiger partial charge in [-0.05, 0) is 29.7 Å². The highest BCUT2D eigenvalue weighted by Gasteiger charge is 2.15. The Morgan fingerprint density at radius 1 is 1.17 bits per heavy atom. The first-order chi connectivity index (χ1) is 10.9. The molecule has 0 heterocycles. The van der Waals surface area contributed by atoms with E-state index in [-0.39, 0.29) is 11.3 Å². The number of hydrogen-bond donors (Lipinski definition) is 1. The first kappa shape index (κ1) is 16.5. The van der Waals surface area contributed by atoms with Crippen molar-refractivity contribution in [2.24, 2.45) is 0 Å². The molecule has 0 aliphatic heterocycles. The molecule has 0 aliphatic rings. The zero-order valence-corrected chi connectivity index (χ0v) is 13.2. The predicted octanol–water partition coefficient (Wildman–Crippen LogP) is 4.25. The summed E-state index contributed by atoms with van der Waals surface area (Å²) < 4.78 is 4.64. The van der Waals surface area contributed by atoms with Gasteiger partial charge in [0.25, 0.3) is 5.69 Å². The SMILES string of the molecule is COC(=O)c1cc(Nc2cccc(C(C)C)c2)cc([N+](=O)[O-])c1. The average Bonchev–Trinajstić information content (AvgIpc) is 2.53. The quantitative estimate of drug-likeness (QED) is 0.507. The maximum Gasteiger partial charge on any atom is 0.338 e. The second kappa shape index (κ2) is 6.91. The summed E-state index contributed by atoms with van der Waals surface area (Å²) in [6.07, 6.45) is 0. The van der Waals surface area contributed by atoms with Crippen molar-refractivity contribution in [3.8, 4) is 0 Å². The molecule has 0 fully saturated rings. The number of nitro groups is 1. The number of nitro benzene ring substituents is 1. The van der Waals surface area contributed by atoms with Crippen molar-refractivity contribution in [1.29, 1.82) is 0 Å². The maximum atomic E-state index is 11.7. The number of benzene rings is 2. The second-order valence-electron chi connectivity index (χ2n) is 5.42. The van der Waals surface area contributed by atoms with Crippen LogP contribution < -0.4 is 5.32 Å². The van der Waals surface area contributed by atoms with Crippen LogP contribution in [-0.2, 0) is 4.74 Å². The van der Waals surface area contributed by atoms with Crippen molar-refractivity contribution in [3.05, 3.63) is 63.7 Å². The fourth-order valence-corrected chi connectivity index (χ4v) is 2.17. The number of carbonyl (C=O) groups excluding carboxylic acids is 1. The maximum absolute atomic E-state index is 11.7. The van der Waals surface area contributed by atoms with Crippen molar-refractivity contribution in [2.75, 3.05) is 12.4 Å². The fraction of sp³-hybridized carbons (Fsp3) is 0.235. The van der Waals surface area contributed by atoms with Crippen molar-refractivity contribution in [2.45, 2.75) is 19.8 Å². The molecule has 2 aromatic carbocycles. The van der Waals surface area contributed by atoms with Crippen LogP contribution in [0.2, 0.25) is 0 Å². The largest absolute Gasteiger partial charge is 0.465 e. The molecule has 0 amide bonds. The van der Waals surface area contributed by atoms with Crippen LogP contribution >= 0.6 is 0 Å². The van der Waals surface area contributed by atoms with Gasteiger partial charge in [-0.3, -0.25) is 10.1 Å². The van der Waals surface area contributed by atoms with Gasteiger partial charge in [0, 0.05) is 23.5 Å². The van der Waals surface area contributed by atoms with Gasteiger partial charge in [-0.2, -0.15) is 0 Å². The highest BCUT2D eigenvalue weighted by Crippen LogP contribution is 2.26. The van der Waals surface area contributed by atoms with E-state index in [0.717, 1.165) is 11.3 Å². The van der Waals surface area contributed by atoms with Crippen molar-refractivity contribution >= 4 is 23.0 Å². The summed E-state index contributed by atoms with van der Waals surface area (Å²) in [5, 5.41) is 14.1. The number of methoxy groups -OCH3 is 1. The minimum atomic E-state index is -0.618. The van der Waals surface area contributed by atoms with Gasteiger partial charge in [0.2, 0.25) is 0 Å². The zero-order chi connectivity index (χ0) is 17.0. The summed E-state index contributed by atoms with van der Waals surface area (Å²) in [6, 6.07) is 11.9. The molecule has 6 heteroatoms. The molecule has 120 valence electrons. The van der Waals surface area contributed by atoms with E-state index in [2.05, 4.69) is 23.9 Å². The molecule has 0 atom stereocenters. The van der Waals surface area contributed by atoms with Crippen LogP contribution in [0, 0.1) is 10.1 Å². The average molecular weight is 314 g/mol. The fourth-order valence-electron chi connectivity index (χ4n) is 2.17. The summed E-state index contributed by atoms with van der Waals surface area (Å²) >= 11 is 0. The topological polar surface area (TPSA) is 81.5 Å². The van der Waals surface area contributed by atoms with E-state index < -0.39 is 10.9 Å².